The zero-order valence-electron chi connectivity index (χ0n) is 9.00. The van der Waals surface area contributed by atoms with Gasteiger partial charge in [-0.25, -0.2) is 0 Å². The number of rotatable bonds is 4. The Morgan fingerprint density at radius 1 is 1.47 bits per heavy atom. The fraction of sp³-hybridized carbons (Fsp3) is 0.818. The van der Waals surface area contributed by atoms with Crippen molar-refractivity contribution in [2.24, 2.45) is 11.1 Å². The van der Waals surface area contributed by atoms with E-state index in [0.717, 1.165) is 38.8 Å². The summed E-state index contributed by atoms with van der Waals surface area (Å²) < 4.78 is 0. The maximum absolute atomic E-state index is 11.6. The minimum absolute atomic E-state index is 0.249. The van der Waals surface area contributed by atoms with Crippen molar-refractivity contribution in [3.63, 3.8) is 0 Å². The first-order valence-corrected chi connectivity index (χ1v) is 6.08. The molecule has 0 unspecified atom stereocenters. The number of nitrogens with two attached hydrogens (primary N) is 1. The van der Waals surface area contributed by atoms with E-state index >= 15 is 0 Å². The third-order valence-corrected chi connectivity index (χ3v) is 3.60. The summed E-state index contributed by atoms with van der Waals surface area (Å²) in [5.41, 5.74) is 5.84. The lowest BCUT2D eigenvalue weighted by Crippen LogP contribution is -2.40. The first-order chi connectivity index (χ1) is 7.11. The Morgan fingerprint density at radius 2 is 2.20 bits per heavy atom. The monoisotopic (exact) mass is 226 g/mol. The topological polar surface area (TPSA) is 46.3 Å². The summed E-state index contributed by atoms with van der Waals surface area (Å²) in [4.78, 5) is 14.3. The first kappa shape index (κ1) is 10.9. The SMILES string of the molecule is NC(=S)CC1(CN2CCCCC2=O)CC1. The van der Waals surface area contributed by atoms with Crippen molar-refractivity contribution in [1.29, 1.82) is 0 Å². The van der Waals surface area contributed by atoms with Crippen LogP contribution in [0, 0.1) is 5.41 Å². The highest BCUT2D eigenvalue weighted by Gasteiger charge is 2.45. The fourth-order valence-electron chi connectivity index (χ4n) is 2.37. The second-order valence-corrected chi connectivity index (χ2v) is 5.44. The highest BCUT2D eigenvalue weighted by atomic mass is 32.1. The van der Waals surface area contributed by atoms with E-state index in [1.54, 1.807) is 0 Å². The molecule has 0 bridgehead atoms. The van der Waals surface area contributed by atoms with Crippen molar-refractivity contribution in [2.45, 2.75) is 38.5 Å². The number of likely N-dealkylation sites (tertiary alicyclic amines) is 1. The molecule has 1 amide bonds. The van der Waals surface area contributed by atoms with Crippen LogP contribution in [0.3, 0.4) is 0 Å². The lowest BCUT2D eigenvalue weighted by molar-refractivity contribution is -0.134. The van der Waals surface area contributed by atoms with E-state index in [1.807, 2.05) is 4.90 Å². The van der Waals surface area contributed by atoms with Gasteiger partial charge in [0.1, 0.15) is 0 Å². The Kier molecular flexibility index (Phi) is 2.96. The predicted molar refractivity (Wildman–Crippen MR) is 63.5 cm³/mol. The molecular weight excluding hydrogens is 208 g/mol. The number of amides is 1. The lowest BCUT2D eigenvalue weighted by Gasteiger charge is -2.30. The van der Waals surface area contributed by atoms with E-state index in [-0.39, 0.29) is 5.41 Å². The van der Waals surface area contributed by atoms with Crippen LogP contribution in [0.15, 0.2) is 0 Å². The molecule has 1 heterocycles. The van der Waals surface area contributed by atoms with E-state index < -0.39 is 0 Å². The number of nitrogens with zero attached hydrogens (tertiary/aromatic N) is 1. The van der Waals surface area contributed by atoms with Gasteiger partial charge < -0.3 is 10.6 Å². The number of piperidine rings is 1. The van der Waals surface area contributed by atoms with Gasteiger partial charge in [0.2, 0.25) is 5.91 Å². The Bertz CT molecular complexity index is 286. The molecule has 0 aromatic rings. The normalized spacial score (nSPS) is 24.0. The van der Waals surface area contributed by atoms with Crippen LogP contribution in [-0.4, -0.2) is 28.9 Å². The lowest BCUT2D eigenvalue weighted by atomic mass is 10.00. The molecule has 2 rings (SSSR count). The van der Waals surface area contributed by atoms with Gasteiger partial charge in [-0.2, -0.15) is 0 Å². The maximum atomic E-state index is 11.6. The second kappa shape index (κ2) is 4.08. The molecule has 2 fully saturated rings. The van der Waals surface area contributed by atoms with Crippen LogP contribution >= 0.6 is 12.2 Å². The van der Waals surface area contributed by atoms with Crippen LogP contribution in [-0.2, 0) is 4.79 Å². The summed E-state index contributed by atoms with van der Waals surface area (Å²) in [6, 6.07) is 0. The average molecular weight is 226 g/mol. The largest absolute Gasteiger partial charge is 0.393 e. The summed E-state index contributed by atoms with van der Waals surface area (Å²) in [6.45, 7) is 1.81. The number of hydrogen-bond donors (Lipinski definition) is 1. The van der Waals surface area contributed by atoms with Gasteiger partial charge >= 0.3 is 0 Å². The molecule has 1 saturated heterocycles. The Labute approximate surface area is 96.0 Å². The van der Waals surface area contributed by atoms with Crippen molar-refractivity contribution in [3.05, 3.63) is 0 Å². The second-order valence-electron chi connectivity index (χ2n) is 4.92. The van der Waals surface area contributed by atoms with Crippen molar-refractivity contribution in [1.82, 2.24) is 4.90 Å². The van der Waals surface area contributed by atoms with Gasteiger partial charge in [0.25, 0.3) is 0 Å². The van der Waals surface area contributed by atoms with E-state index in [4.69, 9.17) is 18.0 Å². The van der Waals surface area contributed by atoms with Crippen LogP contribution in [0.4, 0.5) is 0 Å². The molecule has 0 atom stereocenters. The van der Waals surface area contributed by atoms with Crippen molar-refractivity contribution in [3.8, 4) is 0 Å². The summed E-state index contributed by atoms with van der Waals surface area (Å²) >= 11 is 4.96. The Hall–Kier alpha value is -0.640. The minimum atomic E-state index is 0.249. The minimum Gasteiger partial charge on any atom is -0.393 e. The maximum Gasteiger partial charge on any atom is 0.222 e. The quantitative estimate of drug-likeness (QED) is 0.738. The molecule has 4 heteroatoms. The number of carbonyl (C=O) groups excluding carboxylic acids is 1. The summed E-state index contributed by atoms with van der Waals surface area (Å²) in [5.74, 6) is 0.315. The van der Waals surface area contributed by atoms with Gasteiger partial charge in [0.05, 0.1) is 4.99 Å². The average Bonchev–Trinajstić information content (AvgIpc) is 2.88. The fourth-order valence-corrected chi connectivity index (χ4v) is 2.68. The summed E-state index contributed by atoms with van der Waals surface area (Å²) in [7, 11) is 0. The van der Waals surface area contributed by atoms with Crippen LogP contribution in [0.25, 0.3) is 0 Å². The molecule has 2 N–H and O–H groups in total. The third kappa shape index (κ3) is 2.68. The third-order valence-electron chi connectivity index (χ3n) is 3.45. The van der Waals surface area contributed by atoms with Crippen molar-refractivity contribution >= 4 is 23.1 Å². The molecule has 2 aliphatic rings. The summed E-state index contributed by atoms with van der Waals surface area (Å²) in [6.07, 6.45) is 6.09. The molecule has 3 nitrogen and oxygen atoms in total. The summed E-state index contributed by atoms with van der Waals surface area (Å²) in [5, 5.41) is 0. The molecule has 1 aliphatic carbocycles. The first-order valence-electron chi connectivity index (χ1n) is 5.67. The van der Waals surface area contributed by atoms with Crippen LogP contribution < -0.4 is 5.73 Å². The van der Waals surface area contributed by atoms with Gasteiger partial charge in [-0.05, 0) is 31.1 Å². The number of hydrogen-bond acceptors (Lipinski definition) is 2. The Balaban J connectivity index is 1.90. The van der Waals surface area contributed by atoms with E-state index in [1.165, 1.54) is 12.8 Å². The Morgan fingerprint density at radius 3 is 2.73 bits per heavy atom. The zero-order valence-corrected chi connectivity index (χ0v) is 9.81. The van der Waals surface area contributed by atoms with Crippen molar-refractivity contribution < 1.29 is 4.79 Å². The molecular formula is C11H18N2OS. The standard InChI is InChI=1S/C11H18N2OS/c12-9(15)7-11(4-5-11)8-13-6-2-1-3-10(13)14/h1-8H2,(H2,12,15). The smallest absolute Gasteiger partial charge is 0.222 e. The molecule has 1 saturated carbocycles. The molecule has 0 aromatic heterocycles. The van der Waals surface area contributed by atoms with Crippen molar-refractivity contribution in [2.75, 3.05) is 13.1 Å². The van der Waals surface area contributed by atoms with E-state index in [9.17, 15) is 4.79 Å². The molecule has 0 radical (unpaired) electrons. The molecule has 0 aromatic carbocycles. The zero-order chi connectivity index (χ0) is 10.9. The highest BCUT2D eigenvalue weighted by molar-refractivity contribution is 7.80. The molecule has 1 aliphatic heterocycles. The molecule has 15 heavy (non-hydrogen) atoms. The number of carbonyl (C=O) groups is 1. The van der Waals surface area contributed by atoms with Gasteiger partial charge in [-0.3, -0.25) is 4.79 Å². The predicted octanol–water partition coefficient (Wildman–Crippen LogP) is 1.46. The molecule has 0 spiro atoms. The van der Waals surface area contributed by atoms with Gasteiger partial charge in [-0.1, -0.05) is 12.2 Å². The van der Waals surface area contributed by atoms with Gasteiger partial charge in [0.15, 0.2) is 0 Å². The van der Waals surface area contributed by atoms with Crippen LogP contribution in [0.2, 0.25) is 0 Å². The highest BCUT2D eigenvalue weighted by Crippen LogP contribution is 2.49. The molecule has 84 valence electrons. The number of thiocarbonyl (C=S) groups is 1. The van der Waals surface area contributed by atoms with Gasteiger partial charge in [0, 0.05) is 25.9 Å². The van der Waals surface area contributed by atoms with E-state index in [0.29, 0.717) is 10.9 Å². The van der Waals surface area contributed by atoms with E-state index in [2.05, 4.69) is 0 Å². The van der Waals surface area contributed by atoms with Crippen LogP contribution in [0.1, 0.15) is 38.5 Å². The van der Waals surface area contributed by atoms with Gasteiger partial charge in [-0.15, -0.1) is 0 Å². The van der Waals surface area contributed by atoms with Crippen LogP contribution in [0.5, 0.6) is 0 Å².